The van der Waals surface area contributed by atoms with Gasteiger partial charge in [-0.15, -0.1) is 0 Å². The number of pyridine rings is 1. The van der Waals surface area contributed by atoms with Gasteiger partial charge in [0.05, 0.1) is 19.4 Å². The van der Waals surface area contributed by atoms with Crippen LogP contribution in [0.4, 0.5) is 0 Å². The van der Waals surface area contributed by atoms with Crippen LogP contribution in [0, 0.1) is 0 Å². The van der Waals surface area contributed by atoms with E-state index in [4.69, 9.17) is 4.74 Å². The molecule has 0 aliphatic rings. The Bertz CT molecular complexity index is 753. The molecule has 0 bridgehead atoms. The van der Waals surface area contributed by atoms with Gasteiger partial charge >= 0.3 is 0 Å². The molecule has 3 rings (SSSR count). The van der Waals surface area contributed by atoms with Crippen molar-refractivity contribution in [1.82, 2.24) is 14.5 Å². The summed E-state index contributed by atoms with van der Waals surface area (Å²) in [7, 11) is 1.58. The minimum Gasteiger partial charge on any atom is -0.481 e. The van der Waals surface area contributed by atoms with Crippen molar-refractivity contribution >= 4 is 0 Å². The molecule has 1 N–H and O–H groups in total. The van der Waals surface area contributed by atoms with Crippen LogP contribution >= 0.6 is 0 Å². The summed E-state index contributed by atoms with van der Waals surface area (Å²) >= 11 is 0. The van der Waals surface area contributed by atoms with E-state index >= 15 is 0 Å². The molecular weight excluding hydrogens is 266 g/mol. The van der Waals surface area contributed by atoms with E-state index in [1.807, 2.05) is 47.2 Å². The van der Waals surface area contributed by atoms with Crippen LogP contribution in [0.3, 0.4) is 0 Å². The van der Waals surface area contributed by atoms with Crippen LogP contribution in [0.15, 0.2) is 55.0 Å². The van der Waals surface area contributed by atoms with Crippen molar-refractivity contribution in [3.05, 3.63) is 60.6 Å². The van der Waals surface area contributed by atoms with E-state index in [0.29, 0.717) is 5.88 Å². The number of ether oxygens (including phenoxy) is 1. The molecule has 0 unspecified atom stereocenters. The molecule has 0 amide bonds. The van der Waals surface area contributed by atoms with Gasteiger partial charge in [0, 0.05) is 35.8 Å². The molecule has 2 heterocycles. The summed E-state index contributed by atoms with van der Waals surface area (Å²) in [5.41, 5.74) is 2.65. The third kappa shape index (κ3) is 2.51. The molecule has 3 aromatic rings. The minimum atomic E-state index is -0.0204. The summed E-state index contributed by atoms with van der Waals surface area (Å²) in [6.45, 7) is -0.0204. The zero-order valence-corrected chi connectivity index (χ0v) is 11.6. The number of benzene rings is 1. The van der Waals surface area contributed by atoms with E-state index in [1.54, 1.807) is 19.5 Å². The third-order valence-electron chi connectivity index (χ3n) is 3.26. The summed E-state index contributed by atoms with van der Waals surface area (Å²) in [5.74, 6) is 1.31. The average molecular weight is 281 g/mol. The van der Waals surface area contributed by atoms with Gasteiger partial charge in [-0.1, -0.05) is 18.2 Å². The van der Waals surface area contributed by atoms with Gasteiger partial charge in [0.25, 0.3) is 0 Å². The molecule has 0 atom stereocenters. The second kappa shape index (κ2) is 5.76. The first-order chi connectivity index (χ1) is 10.3. The molecule has 5 heteroatoms. The lowest BCUT2D eigenvalue weighted by molar-refractivity contribution is 0.281. The van der Waals surface area contributed by atoms with Crippen LogP contribution < -0.4 is 4.74 Å². The van der Waals surface area contributed by atoms with Gasteiger partial charge in [-0.25, -0.2) is 9.97 Å². The number of imidazole rings is 1. The number of methoxy groups -OCH3 is 1. The second-order valence-corrected chi connectivity index (χ2v) is 4.49. The van der Waals surface area contributed by atoms with Crippen LogP contribution in [-0.2, 0) is 6.61 Å². The third-order valence-corrected chi connectivity index (χ3v) is 3.26. The average Bonchev–Trinajstić information content (AvgIpc) is 3.04. The molecule has 2 aromatic heterocycles. The Morgan fingerprint density at radius 3 is 2.81 bits per heavy atom. The maximum atomic E-state index is 9.50. The largest absolute Gasteiger partial charge is 0.481 e. The molecule has 0 fully saturated rings. The molecule has 5 nitrogen and oxygen atoms in total. The maximum absolute atomic E-state index is 9.50. The molecule has 0 saturated carbocycles. The first-order valence-electron chi connectivity index (χ1n) is 6.56. The normalized spacial score (nSPS) is 10.6. The predicted molar refractivity (Wildman–Crippen MR) is 79.3 cm³/mol. The number of aliphatic hydroxyl groups is 1. The number of aliphatic hydroxyl groups excluding tert-OH is 1. The van der Waals surface area contributed by atoms with Crippen molar-refractivity contribution in [3.63, 3.8) is 0 Å². The summed E-state index contributed by atoms with van der Waals surface area (Å²) in [6.07, 6.45) is 5.29. The first kappa shape index (κ1) is 13.3. The van der Waals surface area contributed by atoms with Crippen molar-refractivity contribution < 1.29 is 9.84 Å². The highest BCUT2D eigenvalue weighted by atomic mass is 16.5. The van der Waals surface area contributed by atoms with E-state index in [9.17, 15) is 5.11 Å². The van der Waals surface area contributed by atoms with Crippen LogP contribution in [0.5, 0.6) is 5.88 Å². The van der Waals surface area contributed by atoms with E-state index in [-0.39, 0.29) is 6.61 Å². The highest BCUT2D eigenvalue weighted by molar-refractivity contribution is 5.60. The molecule has 0 spiro atoms. The Morgan fingerprint density at radius 2 is 2.00 bits per heavy atom. The Labute approximate surface area is 122 Å². The molecule has 106 valence electrons. The van der Waals surface area contributed by atoms with Crippen LogP contribution in [0.25, 0.3) is 17.1 Å². The van der Waals surface area contributed by atoms with Gasteiger partial charge in [0.15, 0.2) is 0 Å². The quantitative estimate of drug-likeness (QED) is 0.798. The molecule has 21 heavy (non-hydrogen) atoms. The fraction of sp³-hybridized carbons (Fsp3) is 0.125. The Kier molecular flexibility index (Phi) is 3.66. The first-order valence-corrected chi connectivity index (χ1v) is 6.56. The van der Waals surface area contributed by atoms with Gasteiger partial charge in [-0.3, -0.25) is 4.57 Å². The molecule has 0 saturated heterocycles. The van der Waals surface area contributed by atoms with Gasteiger partial charge < -0.3 is 9.84 Å². The van der Waals surface area contributed by atoms with Crippen molar-refractivity contribution in [2.24, 2.45) is 0 Å². The van der Waals surface area contributed by atoms with Crippen LogP contribution in [0.2, 0.25) is 0 Å². The lowest BCUT2D eigenvalue weighted by Gasteiger charge is -2.12. The monoisotopic (exact) mass is 281 g/mol. The topological polar surface area (TPSA) is 60.2 Å². The fourth-order valence-electron chi connectivity index (χ4n) is 2.25. The SMILES string of the molecule is COc1cc(-c2nccn2-c2ccccc2CO)ccn1. The number of hydrogen-bond donors (Lipinski definition) is 1. The smallest absolute Gasteiger partial charge is 0.213 e. The molecule has 1 aromatic carbocycles. The number of para-hydroxylation sites is 1. The predicted octanol–water partition coefficient (Wildman–Crippen LogP) is 2.44. The summed E-state index contributed by atoms with van der Waals surface area (Å²) in [4.78, 5) is 8.52. The highest BCUT2D eigenvalue weighted by Gasteiger charge is 2.11. The van der Waals surface area contributed by atoms with E-state index < -0.39 is 0 Å². The second-order valence-electron chi connectivity index (χ2n) is 4.49. The number of aromatic nitrogens is 3. The number of nitrogens with zero attached hydrogens (tertiary/aromatic N) is 3. The zero-order chi connectivity index (χ0) is 14.7. The van der Waals surface area contributed by atoms with Crippen molar-refractivity contribution in [3.8, 4) is 23.0 Å². The van der Waals surface area contributed by atoms with Crippen LogP contribution in [-0.4, -0.2) is 26.8 Å². The number of hydrogen-bond acceptors (Lipinski definition) is 4. The Morgan fingerprint density at radius 1 is 1.14 bits per heavy atom. The number of rotatable bonds is 4. The lowest BCUT2D eigenvalue weighted by atomic mass is 10.1. The van der Waals surface area contributed by atoms with E-state index in [1.165, 1.54) is 0 Å². The molecule has 0 aliphatic carbocycles. The minimum absolute atomic E-state index is 0.0204. The molecule has 0 radical (unpaired) electrons. The van der Waals surface area contributed by atoms with E-state index in [0.717, 1.165) is 22.6 Å². The van der Waals surface area contributed by atoms with Crippen molar-refractivity contribution in [2.45, 2.75) is 6.61 Å². The van der Waals surface area contributed by atoms with Gasteiger partial charge in [-0.05, 0) is 12.1 Å². The molecule has 0 aliphatic heterocycles. The van der Waals surface area contributed by atoms with Gasteiger partial charge in [-0.2, -0.15) is 0 Å². The zero-order valence-electron chi connectivity index (χ0n) is 11.6. The summed E-state index contributed by atoms with van der Waals surface area (Å²) < 4.78 is 7.10. The Balaban J connectivity index is 2.12. The summed E-state index contributed by atoms with van der Waals surface area (Å²) in [6, 6.07) is 11.4. The highest BCUT2D eigenvalue weighted by Crippen LogP contribution is 2.25. The van der Waals surface area contributed by atoms with Gasteiger partial charge in [0.2, 0.25) is 5.88 Å². The fourth-order valence-corrected chi connectivity index (χ4v) is 2.25. The van der Waals surface area contributed by atoms with Crippen molar-refractivity contribution in [1.29, 1.82) is 0 Å². The van der Waals surface area contributed by atoms with Crippen molar-refractivity contribution in [2.75, 3.05) is 7.11 Å². The standard InChI is InChI=1S/C16H15N3O2/c1-21-15-10-12(6-7-17-15)16-18-8-9-19(16)14-5-3-2-4-13(14)11-20/h2-10,20H,11H2,1H3. The summed E-state index contributed by atoms with van der Waals surface area (Å²) in [5, 5.41) is 9.50. The Hall–Kier alpha value is -2.66. The maximum Gasteiger partial charge on any atom is 0.213 e. The van der Waals surface area contributed by atoms with Gasteiger partial charge in [0.1, 0.15) is 5.82 Å². The molecular formula is C16H15N3O2. The lowest BCUT2D eigenvalue weighted by Crippen LogP contribution is -2.01. The van der Waals surface area contributed by atoms with E-state index in [2.05, 4.69) is 9.97 Å². The van der Waals surface area contributed by atoms with Crippen LogP contribution in [0.1, 0.15) is 5.56 Å².